The van der Waals surface area contributed by atoms with Gasteiger partial charge in [-0.1, -0.05) is 13.8 Å². The first-order valence-electron chi connectivity index (χ1n) is 9.62. The van der Waals surface area contributed by atoms with Gasteiger partial charge in [-0.25, -0.2) is 14.0 Å². The lowest BCUT2D eigenvalue weighted by molar-refractivity contribution is -0.118. The van der Waals surface area contributed by atoms with E-state index in [9.17, 15) is 23.9 Å². The van der Waals surface area contributed by atoms with Crippen LogP contribution in [0, 0.1) is 11.2 Å². The van der Waals surface area contributed by atoms with Crippen LogP contribution >= 0.6 is 0 Å². The van der Waals surface area contributed by atoms with Crippen LogP contribution in [-0.4, -0.2) is 36.2 Å². The van der Waals surface area contributed by atoms with Gasteiger partial charge in [0, 0.05) is 17.3 Å². The summed E-state index contributed by atoms with van der Waals surface area (Å²) in [5, 5.41) is 12.5. The van der Waals surface area contributed by atoms with Gasteiger partial charge in [0.25, 0.3) is 0 Å². The number of carbonyl (C=O) groups is 3. The van der Waals surface area contributed by atoms with Gasteiger partial charge in [-0.3, -0.25) is 9.69 Å². The summed E-state index contributed by atoms with van der Waals surface area (Å²) in [4.78, 5) is 38.3. The number of carboxylic acids is 1. The summed E-state index contributed by atoms with van der Waals surface area (Å²) < 4.78 is 19.0. The van der Waals surface area contributed by atoms with Crippen LogP contribution in [0.5, 0.6) is 0 Å². The van der Waals surface area contributed by atoms with Gasteiger partial charge in [-0.2, -0.15) is 0 Å². The standard InChI is InChI=1S/C22H19FN2O5/c1-21(2)17(22(21)15-10-13(23)3-4-16(15)24-19(22)28)11-7-12(18(26)27)9-14(8-11)25-5-6-30-20(25)29/h3-4,7-10,17H,5-6H2,1-2H3,(H,24,28)(H,26,27)/t17?,22-/m1/s1. The molecule has 1 saturated heterocycles. The summed E-state index contributed by atoms with van der Waals surface area (Å²) >= 11 is 0. The van der Waals surface area contributed by atoms with E-state index in [0.29, 0.717) is 29.0 Å². The number of cyclic esters (lactones) is 1. The van der Waals surface area contributed by atoms with Crippen molar-refractivity contribution in [1.82, 2.24) is 0 Å². The van der Waals surface area contributed by atoms with E-state index in [1.54, 1.807) is 12.1 Å². The Hall–Kier alpha value is -3.42. The lowest BCUT2D eigenvalue weighted by Gasteiger charge is -2.16. The largest absolute Gasteiger partial charge is 0.478 e. The molecular formula is C22H19FN2O5. The molecule has 2 aromatic rings. The average molecular weight is 410 g/mol. The van der Waals surface area contributed by atoms with Gasteiger partial charge in [0.2, 0.25) is 5.91 Å². The first kappa shape index (κ1) is 18.6. The second kappa shape index (κ2) is 5.81. The molecule has 1 spiro atoms. The van der Waals surface area contributed by atoms with Crippen molar-refractivity contribution in [2.24, 2.45) is 5.41 Å². The predicted octanol–water partition coefficient (Wildman–Crippen LogP) is 3.49. The normalized spacial score (nSPS) is 25.8. The summed E-state index contributed by atoms with van der Waals surface area (Å²) in [5.74, 6) is -2.20. The molecule has 0 bridgehead atoms. The Balaban J connectivity index is 1.67. The van der Waals surface area contributed by atoms with Crippen molar-refractivity contribution in [3.63, 3.8) is 0 Å². The number of rotatable bonds is 3. The van der Waals surface area contributed by atoms with E-state index in [1.807, 2.05) is 13.8 Å². The average Bonchev–Trinajstić information content (AvgIpc) is 2.95. The molecule has 7 nitrogen and oxygen atoms in total. The lowest BCUT2D eigenvalue weighted by atomic mass is 9.88. The minimum absolute atomic E-state index is 0.0120. The number of halogens is 1. The van der Waals surface area contributed by atoms with Crippen LogP contribution in [0.15, 0.2) is 36.4 Å². The van der Waals surface area contributed by atoms with Crippen molar-refractivity contribution in [3.05, 3.63) is 58.9 Å². The molecule has 0 radical (unpaired) electrons. The number of aromatic carboxylic acids is 1. The molecule has 1 unspecified atom stereocenters. The maximum atomic E-state index is 14.0. The molecule has 154 valence electrons. The van der Waals surface area contributed by atoms with E-state index in [1.165, 1.54) is 29.2 Å². The maximum Gasteiger partial charge on any atom is 0.414 e. The molecule has 1 aliphatic carbocycles. The molecule has 2 heterocycles. The number of hydrogen-bond acceptors (Lipinski definition) is 4. The van der Waals surface area contributed by atoms with Gasteiger partial charge in [0.05, 0.1) is 17.5 Å². The number of ether oxygens (including phenoxy) is 1. The first-order valence-corrected chi connectivity index (χ1v) is 9.62. The van der Waals surface area contributed by atoms with E-state index < -0.39 is 28.7 Å². The topological polar surface area (TPSA) is 95.9 Å². The third-order valence-electron chi connectivity index (χ3n) is 6.69. The highest BCUT2D eigenvalue weighted by Gasteiger charge is 2.78. The van der Waals surface area contributed by atoms with Crippen LogP contribution in [0.4, 0.5) is 20.6 Å². The summed E-state index contributed by atoms with van der Waals surface area (Å²) in [5.41, 5.74) is 0.573. The first-order chi connectivity index (χ1) is 14.2. The predicted molar refractivity (Wildman–Crippen MR) is 105 cm³/mol. The van der Waals surface area contributed by atoms with Crippen LogP contribution in [0.25, 0.3) is 0 Å². The summed E-state index contributed by atoms with van der Waals surface area (Å²) in [6, 6.07) is 8.88. The Morgan fingerprint density at radius 3 is 2.67 bits per heavy atom. The summed E-state index contributed by atoms with van der Waals surface area (Å²) in [6.45, 7) is 4.36. The lowest BCUT2D eigenvalue weighted by Crippen LogP contribution is -2.25. The van der Waals surface area contributed by atoms with Gasteiger partial charge < -0.3 is 15.2 Å². The zero-order valence-corrected chi connectivity index (χ0v) is 16.4. The molecule has 5 rings (SSSR count). The second-order valence-electron chi connectivity index (χ2n) is 8.49. The van der Waals surface area contributed by atoms with Gasteiger partial charge >= 0.3 is 12.1 Å². The Kier molecular flexibility index (Phi) is 3.60. The smallest absolute Gasteiger partial charge is 0.414 e. The molecule has 2 aliphatic heterocycles. The molecule has 3 aliphatic rings. The Bertz CT molecular complexity index is 1140. The van der Waals surface area contributed by atoms with E-state index in [-0.39, 0.29) is 24.0 Å². The van der Waals surface area contributed by atoms with Crippen LogP contribution < -0.4 is 10.2 Å². The third kappa shape index (κ3) is 2.21. The maximum absolute atomic E-state index is 14.0. The number of carbonyl (C=O) groups excluding carboxylic acids is 2. The van der Waals surface area contributed by atoms with Crippen molar-refractivity contribution < 1.29 is 28.6 Å². The molecule has 30 heavy (non-hydrogen) atoms. The number of amides is 2. The van der Waals surface area contributed by atoms with Crippen LogP contribution in [0.3, 0.4) is 0 Å². The van der Waals surface area contributed by atoms with Crippen molar-refractivity contribution in [2.45, 2.75) is 25.2 Å². The van der Waals surface area contributed by atoms with Gasteiger partial charge in [-0.15, -0.1) is 0 Å². The molecule has 1 saturated carbocycles. The Labute approximate surface area is 171 Å². The molecule has 8 heteroatoms. The molecular weight excluding hydrogens is 391 g/mol. The van der Waals surface area contributed by atoms with Crippen molar-refractivity contribution in [3.8, 4) is 0 Å². The molecule has 2 fully saturated rings. The second-order valence-corrected chi connectivity index (χ2v) is 8.49. The number of anilines is 2. The number of nitrogens with one attached hydrogen (secondary N) is 1. The highest BCUT2D eigenvalue weighted by molar-refractivity contribution is 6.11. The van der Waals surface area contributed by atoms with Crippen molar-refractivity contribution in [2.75, 3.05) is 23.4 Å². The van der Waals surface area contributed by atoms with E-state index in [0.717, 1.165) is 0 Å². The fourth-order valence-electron chi connectivity index (χ4n) is 5.36. The SMILES string of the molecule is CC1(C)C(c2cc(C(=O)O)cc(N3CCOC3=O)c2)[C@]12C(=O)Nc1ccc(F)cc12. The van der Waals surface area contributed by atoms with Crippen LogP contribution in [0.1, 0.15) is 41.3 Å². The fourth-order valence-corrected chi connectivity index (χ4v) is 5.36. The van der Waals surface area contributed by atoms with E-state index >= 15 is 0 Å². The minimum atomic E-state index is -1.14. The summed E-state index contributed by atoms with van der Waals surface area (Å²) in [6.07, 6.45) is -0.542. The Morgan fingerprint density at radius 2 is 2.00 bits per heavy atom. The van der Waals surface area contributed by atoms with Crippen LogP contribution in [-0.2, 0) is 14.9 Å². The number of nitrogens with zero attached hydrogens (tertiary/aromatic N) is 1. The molecule has 0 aromatic heterocycles. The highest BCUT2D eigenvalue weighted by Crippen LogP contribution is 2.77. The monoisotopic (exact) mass is 410 g/mol. The molecule has 2 atom stereocenters. The quantitative estimate of drug-likeness (QED) is 0.808. The van der Waals surface area contributed by atoms with Crippen LogP contribution in [0.2, 0.25) is 0 Å². The highest BCUT2D eigenvalue weighted by atomic mass is 19.1. The van der Waals surface area contributed by atoms with Gasteiger partial charge in [-0.05, 0) is 52.9 Å². The van der Waals surface area contributed by atoms with E-state index in [2.05, 4.69) is 5.32 Å². The number of benzene rings is 2. The third-order valence-corrected chi connectivity index (χ3v) is 6.69. The minimum Gasteiger partial charge on any atom is -0.478 e. The van der Waals surface area contributed by atoms with Gasteiger partial charge in [0.1, 0.15) is 12.4 Å². The van der Waals surface area contributed by atoms with Crippen molar-refractivity contribution >= 4 is 29.3 Å². The zero-order chi connectivity index (χ0) is 21.4. The van der Waals surface area contributed by atoms with E-state index in [4.69, 9.17) is 4.74 Å². The molecule has 2 amide bonds. The summed E-state index contributed by atoms with van der Waals surface area (Å²) in [7, 11) is 0. The number of hydrogen-bond donors (Lipinski definition) is 2. The molecule has 2 aromatic carbocycles. The Morgan fingerprint density at radius 1 is 1.23 bits per heavy atom. The zero-order valence-electron chi connectivity index (χ0n) is 16.4. The molecule has 2 N–H and O–H groups in total. The fraction of sp³-hybridized carbons (Fsp3) is 0.318. The number of fused-ring (bicyclic) bond motifs is 2. The van der Waals surface area contributed by atoms with Gasteiger partial charge in [0.15, 0.2) is 0 Å². The number of carboxylic acid groups (broad SMARTS) is 1. The van der Waals surface area contributed by atoms with Crippen molar-refractivity contribution in [1.29, 1.82) is 0 Å².